The topological polar surface area (TPSA) is 106 Å². The second-order valence-corrected chi connectivity index (χ2v) is 4.35. The number of amides is 1. The smallest absolute Gasteiger partial charge is 0.272 e. The highest BCUT2D eigenvalue weighted by molar-refractivity contribution is 5.97. The van der Waals surface area contributed by atoms with Crippen molar-refractivity contribution >= 4 is 11.7 Å². The summed E-state index contributed by atoms with van der Waals surface area (Å²) in [7, 11) is 1.70. The van der Waals surface area contributed by atoms with Gasteiger partial charge in [-0.15, -0.1) is 0 Å². The number of oxime groups is 1. The summed E-state index contributed by atoms with van der Waals surface area (Å²) < 4.78 is 15.3. The highest BCUT2D eigenvalue weighted by atomic mass is 19.1. The number of hydrogen-bond acceptors (Lipinski definition) is 4. The van der Waals surface area contributed by atoms with E-state index in [1.807, 2.05) is 0 Å². The Bertz CT molecular complexity index is 696. The van der Waals surface area contributed by atoms with E-state index >= 15 is 0 Å². The van der Waals surface area contributed by atoms with Crippen molar-refractivity contribution < 1.29 is 14.4 Å². The predicted molar refractivity (Wildman–Crippen MR) is 73.3 cm³/mol. The Labute approximate surface area is 119 Å². The summed E-state index contributed by atoms with van der Waals surface area (Å²) >= 11 is 0. The van der Waals surface area contributed by atoms with Gasteiger partial charge in [-0.25, -0.2) is 4.39 Å². The molecule has 1 aromatic carbocycles. The number of aryl methyl sites for hydroxylation is 1. The van der Waals surface area contributed by atoms with E-state index in [-0.39, 0.29) is 29.2 Å². The summed E-state index contributed by atoms with van der Waals surface area (Å²) in [6.45, 7) is 0.0116. The molecule has 1 heterocycles. The number of benzene rings is 1. The summed E-state index contributed by atoms with van der Waals surface area (Å²) in [5.41, 5.74) is 6.17. The molecule has 0 aliphatic carbocycles. The second kappa shape index (κ2) is 6.04. The van der Waals surface area contributed by atoms with Crippen LogP contribution < -0.4 is 11.1 Å². The van der Waals surface area contributed by atoms with Gasteiger partial charge in [-0.05, 0) is 12.1 Å². The number of nitrogens with zero attached hydrogens (tertiary/aromatic N) is 3. The Morgan fingerprint density at radius 1 is 1.52 bits per heavy atom. The Morgan fingerprint density at radius 2 is 2.29 bits per heavy atom. The normalized spacial score (nSPS) is 11.4. The van der Waals surface area contributed by atoms with Gasteiger partial charge in [0.1, 0.15) is 11.5 Å². The van der Waals surface area contributed by atoms with Gasteiger partial charge < -0.3 is 16.3 Å². The SMILES string of the molecule is Cn1ccc(C(=O)NCc2ccc(/C(N)=N/O)cc2F)n1. The van der Waals surface area contributed by atoms with Crippen LogP contribution in [0, 0.1) is 5.82 Å². The van der Waals surface area contributed by atoms with Crippen LogP contribution in [-0.4, -0.2) is 26.7 Å². The highest BCUT2D eigenvalue weighted by Gasteiger charge is 2.11. The molecule has 0 fully saturated rings. The van der Waals surface area contributed by atoms with Crippen LogP contribution in [0.4, 0.5) is 4.39 Å². The number of carbonyl (C=O) groups is 1. The van der Waals surface area contributed by atoms with E-state index in [0.717, 1.165) is 6.07 Å². The van der Waals surface area contributed by atoms with Gasteiger partial charge in [0.2, 0.25) is 0 Å². The van der Waals surface area contributed by atoms with E-state index in [1.54, 1.807) is 19.3 Å². The largest absolute Gasteiger partial charge is 0.409 e. The molecule has 2 rings (SSSR count). The van der Waals surface area contributed by atoms with E-state index in [4.69, 9.17) is 10.9 Å². The van der Waals surface area contributed by atoms with Crippen LogP contribution in [0.15, 0.2) is 35.6 Å². The molecule has 0 atom stereocenters. The molecule has 8 heteroatoms. The molecule has 0 radical (unpaired) electrons. The zero-order valence-corrected chi connectivity index (χ0v) is 11.2. The lowest BCUT2D eigenvalue weighted by Crippen LogP contribution is -2.24. The molecule has 110 valence electrons. The van der Waals surface area contributed by atoms with Crippen LogP contribution in [0.3, 0.4) is 0 Å². The molecular weight excluding hydrogens is 277 g/mol. The van der Waals surface area contributed by atoms with E-state index in [2.05, 4.69) is 15.6 Å². The Kier molecular flexibility index (Phi) is 4.17. The lowest BCUT2D eigenvalue weighted by molar-refractivity contribution is 0.0945. The second-order valence-electron chi connectivity index (χ2n) is 4.35. The third-order valence-electron chi connectivity index (χ3n) is 2.84. The highest BCUT2D eigenvalue weighted by Crippen LogP contribution is 2.10. The van der Waals surface area contributed by atoms with Crippen molar-refractivity contribution in [1.82, 2.24) is 15.1 Å². The van der Waals surface area contributed by atoms with Crippen LogP contribution in [0.5, 0.6) is 0 Å². The molecule has 0 saturated carbocycles. The maximum Gasteiger partial charge on any atom is 0.272 e. The first-order valence-corrected chi connectivity index (χ1v) is 6.05. The Hall–Kier alpha value is -2.90. The van der Waals surface area contributed by atoms with Crippen LogP contribution in [-0.2, 0) is 13.6 Å². The van der Waals surface area contributed by atoms with Crippen LogP contribution in [0.1, 0.15) is 21.6 Å². The van der Waals surface area contributed by atoms with Crippen molar-refractivity contribution in [3.8, 4) is 0 Å². The number of nitrogens with one attached hydrogen (secondary N) is 1. The molecule has 4 N–H and O–H groups in total. The molecule has 7 nitrogen and oxygen atoms in total. The molecule has 0 aliphatic heterocycles. The first kappa shape index (κ1) is 14.5. The molecule has 0 saturated heterocycles. The molecule has 0 bridgehead atoms. The quantitative estimate of drug-likeness (QED) is 0.331. The summed E-state index contributed by atoms with van der Waals surface area (Å²) in [6, 6.07) is 5.66. The van der Waals surface area contributed by atoms with Crippen molar-refractivity contribution in [3.63, 3.8) is 0 Å². The maximum atomic E-state index is 13.8. The molecule has 1 amide bonds. The van der Waals surface area contributed by atoms with Gasteiger partial charge in [0, 0.05) is 30.9 Å². The minimum Gasteiger partial charge on any atom is -0.409 e. The summed E-state index contributed by atoms with van der Waals surface area (Å²) in [5.74, 6) is -1.13. The van der Waals surface area contributed by atoms with Crippen LogP contribution in [0.2, 0.25) is 0 Å². The summed E-state index contributed by atoms with van der Waals surface area (Å²) in [5, 5.41) is 17.8. The fourth-order valence-electron chi connectivity index (χ4n) is 1.71. The standard InChI is InChI=1S/C13H14FN5O2/c1-19-5-4-11(17-19)13(20)16-7-9-3-2-8(6-10(9)14)12(15)18-21/h2-6,21H,7H2,1H3,(H2,15,18)(H,16,20). The van der Waals surface area contributed by atoms with Gasteiger partial charge in [-0.3, -0.25) is 9.48 Å². The minimum atomic E-state index is -0.555. The minimum absolute atomic E-state index is 0.0116. The monoisotopic (exact) mass is 291 g/mol. The third kappa shape index (κ3) is 3.35. The zero-order chi connectivity index (χ0) is 15.4. The number of nitrogens with two attached hydrogens (primary N) is 1. The van der Waals surface area contributed by atoms with Gasteiger partial charge in [0.05, 0.1) is 0 Å². The predicted octanol–water partition coefficient (Wildman–Crippen LogP) is 0.584. The molecular formula is C13H14FN5O2. The average Bonchev–Trinajstić information content (AvgIpc) is 2.91. The van der Waals surface area contributed by atoms with Gasteiger partial charge in [0.25, 0.3) is 5.91 Å². The first-order chi connectivity index (χ1) is 10.0. The van der Waals surface area contributed by atoms with Crippen molar-refractivity contribution in [1.29, 1.82) is 0 Å². The fourth-order valence-corrected chi connectivity index (χ4v) is 1.71. The number of rotatable bonds is 4. The van der Waals surface area contributed by atoms with Crippen molar-refractivity contribution in [3.05, 3.63) is 53.1 Å². The van der Waals surface area contributed by atoms with Gasteiger partial charge in [0.15, 0.2) is 5.84 Å². The molecule has 0 unspecified atom stereocenters. The summed E-state index contributed by atoms with van der Waals surface area (Å²) in [4.78, 5) is 11.8. The molecule has 2 aromatic rings. The Morgan fingerprint density at radius 3 is 2.86 bits per heavy atom. The van der Waals surface area contributed by atoms with Gasteiger partial charge >= 0.3 is 0 Å². The van der Waals surface area contributed by atoms with Crippen LogP contribution >= 0.6 is 0 Å². The number of hydrogen-bond donors (Lipinski definition) is 3. The molecule has 0 aliphatic rings. The van der Waals surface area contributed by atoms with Crippen LogP contribution in [0.25, 0.3) is 0 Å². The molecule has 1 aromatic heterocycles. The number of aromatic nitrogens is 2. The zero-order valence-electron chi connectivity index (χ0n) is 11.2. The average molecular weight is 291 g/mol. The lowest BCUT2D eigenvalue weighted by atomic mass is 10.1. The van der Waals surface area contributed by atoms with E-state index in [1.165, 1.54) is 16.8 Å². The first-order valence-electron chi connectivity index (χ1n) is 6.05. The maximum absolute atomic E-state index is 13.8. The summed E-state index contributed by atoms with van der Waals surface area (Å²) in [6.07, 6.45) is 1.64. The number of amidine groups is 1. The van der Waals surface area contributed by atoms with Crippen molar-refractivity contribution in [2.45, 2.75) is 6.54 Å². The third-order valence-corrected chi connectivity index (χ3v) is 2.84. The van der Waals surface area contributed by atoms with Crippen molar-refractivity contribution in [2.75, 3.05) is 0 Å². The van der Waals surface area contributed by atoms with Crippen molar-refractivity contribution in [2.24, 2.45) is 17.9 Å². The van der Waals surface area contributed by atoms with Gasteiger partial charge in [-0.1, -0.05) is 17.3 Å². The lowest BCUT2D eigenvalue weighted by Gasteiger charge is -2.06. The molecule has 21 heavy (non-hydrogen) atoms. The van der Waals surface area contributed by atoms with E-state index in [9.17, 15) is 9.18 Å². The Balaban J connectivity index is 2.05. The van der Waals surface area contributed by atoms with E-state index in [0.29, 0.717) is 0 Å². The van der Waals surface area contributed by atoms with E-state index < -0.39 is 11.7 Å². The number of halogens is 1. The fraction of sp³-hybridized carbons (Fsp3) is 0.154. The molecule has 0 spiro atoms. The number of carbonyl (C=O) groups excluding carboxylic acids is 1. The van der Waals surface area contributed by atoms with Gasteiger partial charge in [-0.2, -0.15) is 5.10 Å².